The lowest BCUT2D eigenvalue weighted by molar-refractivity contribution is 0.122. The summed E-state index contributed by atoms with van der Waals surface area (Å²) in [6.45, 7) is 3.20. The van der Waals surface area contributed by atoms with Crippen molar-refractivity contribution in [3.63, 3.8) is 0 Å². The maximum atomic E-state index is 11.5. The maximum absolute atomic E-state index is 11.5. The van der Waals surface area contributed by atoms with E-state index in [9.17, 15) is 8.42 Å². The smallest absolute Gasteiger partial charge is 0.228 e. The zero-order valence-electron chi connectivity index (χ0n) is 16.5. The molecule has 0 aromatic carbocycles. The van der Waals surface area contributed by atoms with E-state index < -0.39 is 10.7 Å². The summed E-state index contributed by atoms with van der Waals surface area (Å²) < 4.78 is 28.4. The van der Waals surface area contributed by atoms with Gasteiger partial charge in [0.2, 0.25) is 11.9 Å². The van der Waals surface area contributed by atoms with Crippen LogP contribution in [0, 0.1) is 0 Å². The van der Waals surface area contributed by atoms with E-state index in [4.69, 9.17) is 20.4 Å². The number of hydrogen-bond acceptors (Lipinski definition) is 11. The number of thiol groups is 1. The Morgan fingerprint density at radius 2 is 1.77 bits per heavy atom. The Bertz CT molecular complexity index is 1190. The summed E-state index contributed by atoms with van der Waals surface area (Å²) in [4.78, 5) is 26.2. The number of anilines is 4. The molecule has 31 heavy (non-hydrogen) atoms. The number of nitrogens with zero attached hydrogens (tertiary/aromatic N) is 7. The number of ether oxygens (including phenoxy) is 1. The van der Waals surface area contributed by atoms with Crippen LogP contribution in [0.1, 0.15) is 5.56 Å². The van der Waals surface area contributed by atoms with Gasteiger partial charge in [0.1, 0.15) is 5.82 Å². The Hall–Kier alpha value is -3.38. The summed E-state index contributed by atoms with van der Waals surface area (Å²) in [6, 6.07) is 1.61. The molecule has 0 amide bonds. The molecule has 3 aromatic heterocycles. The van der Waals surface area contributed by atoms with Gasteiger partial charge in [0, 0.05) is 49.4 Å². The molecule has 160 valence electrons. The molecule has 2 aliphatic heterocycles. The van der Waals surface area contributed by atoms with Crippen LogP contribution in [0.5, 0.6) is 0 Å². The van der Waals surface area contributed by atoms with Gasteiger partial charge >= 0.3 is 0 Å². The van der Waals surface area contributed by atoms with E-state index in [1.54, 1.807) is 24.7 Å². The number of pyridine rings is 1. The van der Waals surface area contributed by atoms with Gasteiger partial charge in [-0.25, -0.2) is 23.4 Å². The minimum atomic E-state index is -2.73. The number of nitrogen functional groups attached to an aromatic ring is 1. The van der Waals surface area contributed by atoms with Gasteiger partial charge in [-0.15, -0.1) is 0 Å². The molecule has 1 saturated heterocycles. The number of rotatable bonds is 4. The molecule has 11 nitrogen and oxygen atoms in total. The highest BCUT2D eigenvalue weighted by Gasteiger charge is 2.29. The molecule has 2 N–H and O–H groups in total. The van der Waals surface area contributed by atoms with E-state index in [1.165, 1.54) is 6.20 Å². The third kappa shape index (κ3) is 3.75. The Morgan fingerprint density at radius 3 is 2.52 bits per heavy atom. The van der Waals surface area contributed by atoms with Crippen molar-refractivity contribution < 1.29 is 13.2 Å². The van der Waals surface area contributed by atoms with Crippen LogP contribution >= 0.6 is 0 Å². The van der Waals surface area contributed by atoms with Gasteiger partial charge in [0.15, 0.2) is 10.7 Å². The molecule has 0 aliphatic carbocycles. The normalized spacial score (nSPS) is 16.0. The Labute approximate surface area is 179 Å². The van der Waals surface area contributed by atoms with Gasteiger partial charge in [-0.2, -0.15) is 4.98 Å². The molecule has 0 saturated carbocycles. The standard InChI is InChI=1S/C19H20N8O3S/c20-18-22-8-12(9-23-18)16-15-1-2-27(13-7-14(31(28)29)11-21-10-13)17(15)25-19(24-16)26-3-5-30-6-4-26/h7-11,31H,1-6H2,(H2,20,22,23). The van der Waals surface area contributed by atoms with Gasteiger partial charge in [-0.05, 0) is 12.5 Å². The topological polar surface area (TPSA) is 140 Å². The predicted molar refractivity (Wildman–Crippen MR) is 114 cm³/mol. The fraction of sp³-hybridized carbons (Fsp3) is 0.316. The summed E-state index contributed by atoms with van der Waals surface area (Å²) in [5.41, 5.74) is 8.77. The molecule has 2 aliphatic rings. The molecule has 0 spiro atoms. The molecule has 0 radical (unpaired) electrons. The summed E-state index contributed by atoms with van der Waals surface area (Å²) in [6.07, 6.45) is 6.97. The van der Waals surface area contributed by atoms with E-state index in [2.05, 4.69) is 19.9 Å². The average molecular weight is 440 g/mol. The molecular weight excluding hydrogens is 420 g/mol. The number of fused-ring (bicyclic) bond motifs is 1. The highest BCUT2D eigenvalue weighted by molar-refractivity contribution is 7.72. The first-order chi connectivity index (χ1) is 15.1. The monoisotopic (exact) mass is 440 g/mol. The van der Waals surface area contributed by atoms with Gasteiger partial charge in [-0.1, -0.05) is 0 Å². The summed E-state index contributed by atoms with van der Waals surface area (Å²) in [7, 11) is -2.73. The minimum absolute atomic E-state index is 0.163. The van der Waals surface area contributed by atoms with E-state index in [0.717, 1.165) is 22.6 Å². The average Bonchev–Trinajstić information content (AvgIpc) is 3.24. The van der Waals surface area contributed by atoms with Crippen molar-refractivity contribution in [3.05, 3.63) is 36.4 Å². The van der Waals surface area contributed by atoms with Crippen LogP contribution in [-0.2, 0) is 21.9 Å². The molecule has 0 bridgehead atoms. The third-order valence-electron chi connectivity index (χ3n) is 5.29. The fourth-order valence-corrected chi connectivity index (χ4v) is 4.16. The molecule has 12 heteroatoms. The van der Waals surface area contributed by atoms with Crippen molar-refractivity contribution in [2.24, 2.45) is 0 Å². The van der Waals surface area contributed by atoms with E-state index in [0.29, 0.717) is 50.9 Å². The highest BCUT2D eigenvalue weighted by atomic mass is 32.2. The number of nitrogens with two attached hydrogens (primary N) is 1. The van der Waals surface area contributed by atoms with Gasteiger partial charge in [0.25, 0.3) is 0 Å². The van der Waals surface area contributed by atoms with Crippen LogP contribution in [0.3, 0.4) is 0 Å². The first-order valence-electron chi connectivity index (χ1n) is 9.78. The molecule has 1 fully saturated rings. The van der Waals surface area contributed by atoms with Crippen molar-refractivity contribution in [3.8, 4) is 11.3 Å². The van der Waals surface area contributed by atoms with Gasteiger partial charge < -0.3 is 20.3 Å². The minimum Gasteiger partial charge on any atom is -0.378 e. The van der Waals surface area contributed by atoms with Gasteiger partial charge in [0.05, 0.1) is 35.7 Å². The lowest BCUT2D eigenvalue weighted by Crippen LogP contribution is -2.37. The first kappa shape index (κ1) is 19.6. The maximum Gasteiger partial charge on any atom is 0.228 e. The zero-order chi connectivity index (χ0) is 21.4. The van der Waals surface area contributed by atoms with Crippen LogP contribution < -0.4 is 15.5 Å². The molecule has 0 atom stereocenters. The summed E-state index contributed by atoms with van der Waals surface area (Å²) in [5, 5.41) is 0. The Morgan fingerprint density at radius 1 is 1.00 bits per heavy atom. The van der Waals surface area contributed by atoms with Crippen LogP contribution in [0.2, 0.25) is 0 Å². The summed E-state index contributed by atoms with van der Waals surface area (Å²) >= 11 is 0. The fourth-order valence-electron chi connectivity index (χ4n) is 3.76. The van der Waals surface area contributed by atoms with Crippen LogP contribution in [0.15, 0.2) is 35.7 Å². The second kappa shape index (κ2) is 8.04. The first-order valence-corrected chi connectivity index (χ1v) is 11.0. The number of aromatic nitrogens is 5. The lowest BCUT2D eigenvalue weighted by atomic mass is 10.1. The number of hydrogen-bond donors (Lipinski definition) is 2. The third-order valence-corrected chi connectivity index (χ3v) is 5.95. The van der Waals surface area contributed by atoms with Crippen LogP contribution in [-0.4, -0.2) is 66.2 Å². The largest absolute Gasteiger partial charge is 0.378 e. The lowest BCUT2D eigenvalue weighted by Gasteiger charge is -2.28. The molecular formula is C19H20N8O3S. The van der Waals surface area contributed by atoms with Gasteiger partial charge in [-0.3, -0.25) is 4.98 Å². The zero-order valence-corrected chi connectivity index (χ0v) is 17.4. The van der Waals surface area contributed by atoms with Crippen LogP contribution in [0.25, 0.3) is 11.3 Å². The van der Waals surface area contributed by atoms with Crippen LogP contribution in [0.4, 0.5) is 23.4 Å². The van der Waals surface area contributed by atoms with E-state index in [1.807, 2.05) is 4.90 Å². The van der Waals surface area contributed by atoms with E-state index >= 15 is 0 Å². The quantitative estimate of drug-likeness (QED) is 0.545. The molecule has 5 rings (SSSR count). The van der Waals surface area contributed by atoms with Crippen molar-refractivity contribution in [2.45, 2.75) is 11.3 Å². The number of morpholine rings is 1. The Kier molecular flexibility index (Phi) is 5.08. The van der Waals surface area contributed by atoms with Crippen molar-refractivity contribution in [2.75, 3.05) is 48.4 Å². The van der Waals surface area contributed by atoms with Crippen molar-refractivity contribution in [1.82, 2.24) is 24.9 Å². The molecule has 3 aromatic rings. The second-order valence-corrected chi connectivity index (χ2v) is 8.19. The Balaban J connectivity index is 1.64. The van der Waals surface area contributed by atoms with Crippen molar-refractivity contribution in [1.29, 1.82) is 0 Å². The highest BCUT2D eigenvalue weighted by Crippen LogP contribution is 2.39. The summed E-state index contributed by atoms with van der Waals surface area (Å²) in [5.74, 6) is 1.50. The second-order valence-electron chi connectivity index (χ2n) is 7.16. The predicted octanol–water partition coefficient (Wildman–Crippen LogP) is 0.412. The molecule has 0 unspecified atom stereocenters. The molecule has 5 heterocycles. The van der Waals surface area contributed by atoms with Crippen molar-refractivity contribution >= 4 is 34.1 Å². The SMILES string of the molecule is Nc1ncc(-c2nc(N3CCOCC3)nc3c2CCN3c2cncc([SH](=O)=O)c2)cn1. The van der Waals surface area contributed by atoms with E-state index in [-0.39, 0.29) is 10.8 Å².